The molecule has 0 unspecified atom stereocenters. The lowest BCUT2D eigenvalue weighted by Crippen LogP contribution is -2.15. The van der Waals surface area contributed by atoms with E-state index >= 15 is 0 Å². The summed E-state index contributed by atoms with van der Waals surface area (Å²) >= 11 is 4.92. The fourth-order valence-corrected chi connectivity index (χ4v) is 1.65. The van der Waals surface area contributed by atoms with Crippen molar-refractivity contribution in [2.75, 3.05) is 38.8 Å². The van der Waals surface area contributed by atoms with Crippen LogP contribution in [0.4, 0.5) is 5.95 Å². The number of thiocarbonyl (C=S) groups is 1. The Balaban J connectivity index is 2.23. The molecule has 3 N–H and O–H groups in total. The van der Waals surface area contributed by atoms with Gasteiger partial charge >= 0.3 is 0 Å². The Morgan fingerprint density at radius 2 is 2.10 bits per heavy atom. The van der Waals surface area contributed by atoms with Crippen LogP contribution in [0.15, 0.2) is 6.07 Å². The molecule has 1 rings (SSSR count). The smallest absolute Gasteiger partial charge is 0.223 e. The van der Waals surface area contributed by atoms with E-state index in [9.17, 15) is 0 Å². The van der Waals surface area contributed by atoms with Gasteiger partial charge in [0.1, 0.15) is 10.7 Å². The normalized spacial score (nSPS) is 10.5. The zero-order valence-electron chi connectivity index (χ0n) is 12.0. The van der Waals surface area contributed by atoms with E-state index in [2.05, 4.69) is 15.3 Å². The molecule has 0 radical (unpaired) electrons. The Morgan fingerprint density at radius 3 is 2.80 bits per heavy atom. The van der Waals surface area contributed by atoms with Crippen molar-refractivity contribution in [1.82, 2.24) is 9.97 Å². The summed E-state index contributed by atoms with van der Waals surface area (Å²) in [6.07, 6.45) is 1.96. The van der Waals surface area contributed by atoms with Crippen molar-refractivity contribution in [1.29, 1.82) is 0 Å². The van der Waals surface area contributed by atoms with Gasteiger partial charge in [0.05, 0.1) is 13.2 Å². The van der Waals surface area contributed by atoms with Gasteiger partial charge in [-0.15, -0.1) is 0 Å². The fraction of sp³-hybridized carbons (Fsp3) is 0.615. The van der Waals surface area contributed by atoms with Crippen molar-refractivity contribution in [2.45, 2.75) is 19.8 Å². The third kappa shape index (κ3) is 6.74. The number of nitrogens with zero attached hydrogens (tertiary/aromatic N) is 2. The second-order valence-electron chi connectivity index (χ2n) is 4.32. The molecule has 0 saturated heterocycles. The predicted molar refractivity (Wildman–Crippen MR) is 83.1 cm³/mol. The highest BCUT2D eigenvalue weighted by molar-refractivity contribution is 7.80. The highest BCUT2D eigenvalue weighted by atomic mass is 32.1. The number of rotatable bonds is 10. The zero-order valence-corrected chi connectivity index (χ0v) is 12.8. The first-order chi connectivity index (χ1) is 9.63. The van der Waals surface area contributed by atoms with Gasteiger partial charge in [-0.2, -0.15) is 0 Å². The summed E-state index contributed by atoms with van der Waals surface area (Å²) in [5.41, 5.74) is 7.01. The molecule has 0 aliphatic rings. The van der Waals surface area contributed by atoms with E-state index in [1.54, 1.807) is 13.2 Å². The van der Waals surface area contributed by atoms with Crippen LogP contribution in [-0.2, 0) is 9.47 Å². The highest BCUT2D eigenvalue weighted by Crippen LogP contribution is 2.05. The average Bonchev–Trinajstić information content (AvgIpc) is 2.41. The molecule has 0 atom stereocenters. The van der Waals surface area contributed by atoms with Crippen LogP contribution < -0.4 is 11.1 Å². The van der Waals surface area contributed by atoms with Gasteiger partial charge in [-0.25, -0.2) is 9.97 Å². The van der Waals surface area contributed by atoms with Gasteiger partial charge < -0.3 is 20.5 Å². The largest absolute Gasteiger partial charge is 0.388 e. The molecule has 6 nitrogen and oxygen atoms in total. The lowest BCUT2D eigenvalue weighted by atomic mass is 10.3. The SMILES string of the molecule is COCCOCCCCNc1nc(C)cc(C(N)=S)n1. The summed E-state index contributed by atoms with van der Waals surface area (Å²) in [5.74, 6) is 0.563. The second-order valence-corrected chi connectivity index (χ2v) is 4.76. The molecule has 112 valence electrons. The molecule has 0 bridgehead atoms. The van der Waals surface area contributed by atoms with Crippen molar-refractivity contribution in [3.8, 4) is 0 Å². The molecular formula is C13H22N4O2S. The molecule has 0 saturated carbocycles. The molecule has 1 aromatic rings. The summed E-state index contributed by atoms with van der Waals surface area (Å²) in [7, 11) is 1.66. The molecule has 1 aromatic heterocycles. The third-order valence-corrected chi connectivity index (χ3v) is 2.75. The first kappa shape index (κ1) is 16.7. The van der Waals surface area contributed by atoms with E-state index in [1.807, 2.05) is 6.92 Å². The molecule has 7 heteroatoms. The van der Waals surface area contributed by atoms with Gasteiger partial charge in [0.25, 0.3) is 0 Å². The number of anilines is 1. The fourth-order valence-electron chi connectivity index (χ4n) is 1.55. The lowest BCUT2D eigenvalue weighted by molar-refractivity contribution is 0.0691. The minimum atomic E-state index is 0.282. The van der Waals surface area contributed by atoms with Crippen LogP contribution in [0.3, 0.4) is 0 Å². The minimum absolute atomic E-state index is 0.282. The molecule has 0 aliphatic carbocycles. The van der Waals surface area contributed by atoms with Gasteiger partial charge in [0.2, 0.25) is 5.95 Å². The molecule has 0 aromatic carbocycles. The number of hydrogen-bond donors (Lipinski definition) is 2. The van der Waals surface area contributed by atoms with E-state index < -0.39 is 0 Å². The van der Waals surface area contributed by atoms with Crippen LogP contribution in [0.25, 0.3) is 0 Å². The maximum Gasteiger partial charge on any atom is 0.223 e. The Hall–Kier alpha value is -1.31. The number of methoxy groups -OCH3 is 1. The summed E-state index contributed by atoms with van der Waals surface area (Å²) in [6.45, 7) is 4.68. The first-order valence-electron chi connectivity index (χ1n) is 6.59. The van der Waals surface area contributed by atoms with E-state index in [1.165, 1.54) is 0 Å². The highest BCUT2D eigenvalue weighted by Gasteiger charge is 2.03. The third-order valence-electron chi connectivity index (χ3n) is 2.54. The van der Waals surface area contributed by atoms with Crippen molar-refractivity contribution < 1.29 is 9.47 Å². The quantitative estimate of drug-likeness (QED) is 0.497. The molecule has 1 heterocycles. The van der Waals surface area contributed by atoms with Crippen LogP contribution in [0, 0.1) is 6.92 Å². The summed E-state index contributed by atoms with van der Waals surface area (Å²) < 4.78 is 10.3. The summed E-state index contributed by atoms with van der Waals surface area (Å²) in [4.78, 5) is 8.83. The zero-order chi connectivity index (χ0) is 14.8. The number of aromatic nitrogens is 2. The maximum atomic E-state index is 5.57. The standard InChI is InChI=1S/C13H22N4O2S/c1-10-9-11(12(14)20)17-13(16-10)15-5-3-4-6-19-8-7-18-2/h9H,3-8H2,1-2H3,(H2,14,20)(H,15,16,17). The van der Waals surface area contributed by atoms with Crippen molar-refractivity contribution in [3.63, 3.8) is 0 Å². The summed E-state index contributed by atoms with van der Waals surface area (Å²) in [5, 5.41) is 3.17. The Bertz CT molecular complexity index is 429. The van der Waals surface area contributed by atoms with Gasteiger partial charge in [-0.3, -0.25) is 0 Å². The maximum absolute atomic E-state index is 5.57. The van der Waals surface area contributed by atoms with Gasteiger partial charge in [-0.1, -0.05) is 12.2 Å². The van der Waals surface area contributed by atoms with Gasteiger partial charge in [-0.05, 0) is 25.8 Å². The van der Waals surface area contributed by atoms with Crippen LogP contribution in [-0.4, -0.2) is 48.4 Å². The van der Waals surface area contributed by atoms with Gasteiger partial charge in [0, 0.05) is 26.0 Å². The number of unbranched alkanes of at least 4 members (excludes halogenated alkanes) is 1. The van der Waals surface area contributed by atoms with Crippen molar-refractivity contribution in [2.24, 2.45) is 5.73 Å². The van der Waals surface area contributed by atoms with E-state index in [0.29, 0.717) is 24.9 Å². The van der Waals surface area contributed by atoms with Crippen LogP contribution in [0.2, 0.25) is 0 Å². The molecule has 0 aliphatic heterocycles. The topological polar surface area (TPSA) is 82.3 Å². The number of nitrogens with one attached hydrogen (secondary N) is 1. The second kappa shape index (κ2) is 9.57. The predicted octanol–water partition coefficient (Wildman–Crippen LogP) is 1.27. The monoisotopic (exact) mass is 298 g/mol. The lowest BCUT2D eigenvalue weighted by Gasteiger charge is -2.07. The molecule has 0 amide bonds. The number of ether oxygens (including phenoxy) is 2. The van der Waals surface area contributed by atoms with Crippen LogP contribution in [0.1, 0.15) is 24.2 Å². The van der Waals surface area contributed by atoms with E-state index in [0.717, 1.165) is 31.7 Å². The first-order valence-corrected chi connectivity index (χ1v) is 7.00. The van der Waals surface area contributed by atoms with Crippen molar-refractivity contribution in [3.05, 3.63) is 17.5 Å². The van der Waals surface area contributed by atoms with E-state index in [-0.39, 0.29) is 4.99 Å². The molecule has 0 spiro atoms. The number of hydrogen-bond acceptors (Lipinski definition) is 6. The Kier molecular flexibility index (Phi) is 8.01. The Labute approximate surface area is 125 Å². The minimum Gasteiger partial charge on any atom is -0.388 e. The van der Waals surface area contributed by atoms with Crippen molar-refractivity contribution >= 4 is 23.2 Å². The number of nitrogens with two attached hydrogens (primary N) is 1. The molecule has 20 heavy (non-hydrogen) atoms. The van der Waals surface area contributed by atoms with Gasteiger partial charge in [0.15, 0.2) is 0 Å². The molecule has 0 fully saturated rings. The molecular weight excluding hydrogens is 276 g/mol. The average molecular weight is 298 g/mol. The van der Waals surface area contributed by atoms with Crippen LogP contribution >= 0.6 is 12.2 Å². The Morgan fingerprint density at radius 1 is 1.30 bits per heavy atom. The van der Waals surface area contributed by atoms with E-state index in [4.69, 9.17) is 27.4 Å². The summed E-state index contributed by atoms with van der Waals surface area (Å²) in [6, 6.07) is 1.77. The van der Waals surface area contributed by atoms with Crippen LogP contribution in [0.5, 0.6) is 0 Å². The number of aryl methyl sites for hydroxylation is 1.